The van der Waals surface area contributed by atoms with Crippen LogP contribution in [0, 0.1) is 0 Å². The Morgan fingerprint density at radius 1 is 1.00 bits per heavy atom. The molecular formula is C18H25N3. The molecule has 0 bridgehead atoms. The van der Waals surface area contributed by atoms with E-state index in [1.807, 2.05) is 18.3 Å². The molecule has 3 nitrogen and oxygen atoms in total. The van der Waals surface area contributed by atoms with Gasteiger partial charge in [-0.25, -0.2) is 0 Å². The highest BCUT2D eigenvalue weighted by Gasteiger charge is 2.06. The molecular weight excluding hydrogens is 258 g/mol. The summed E-state index contributed by atoms with van der Waals surface area (Å²) in [6.07, 6.45) is 3.02. The molecule has 0 radical (unpaired) electrons. The Kier molecular flexibility index (Phi) is 6.38. The number of rotatable bonds is 8. The van der Waals surface area contributed by atoms with Crippen LogP contribution in [0.1, 0.15) is 30.2 Å². The van der Waals surface area contributed by atoms with E-state index in [9.17, 15) is 0 Å². The van der Waals surface area contributed by atoms with Gasteiger partial charge in [-0.3, -0.25) is 9.88 Å². The van der Waals surface area contributed by atoms with E-state index in [0.717, 1.165) is 31.9 Å². The van der Waals surface area contributed by atoms with Crippen molar-refractivity contribution < 1.29 is 0 Å². The Morgan fingerprint density at radius 2 is 1.76 bits per heavy atom. The summed E-state index contributed by atoms with van der Waals surface area (Å²) in [7, 11) is 2.14. The largest absolute Gasteiger partial charge is 0.313 e. The minimum atomic E-state index is 0.873. The van der Waals surface area contributed by atoms with Gasteiger partial charge in [-0.1, -0.05) is 37.3 Å². The topological polar surface area (TPSA) is 28.2 Å². The van der Waals surface area contributed by atoms with Gasteiger partial charge in [-0.15, -0.1) is 0 Å². The SMILES string of the molecule is CCCNCc1ccccc1CN(C)Cc1ccccn1. The quantitative estimate of drug-likeness (QED) is 0.754. The molecule has 0 spiro atoms. The van der Waals surface area contributed by atoms with Crippen LogP contribution in [0.3, 0.4) is 0 Å². The number of hydrogen-bond acceptors (Lipinski definition) is 3. The number of benzene rings is 1. The van der Waals surface area contributed by atoms with Crippen LogP contribution in [0.15, 0.2) is 48.7 Å². The van der Waals surface area contributed by atoms with Crippen molar-refractivity contribution in [1.29, 1.82) is 0 Å². The molecule has 1 aromatic heterocycles. The van der Waals surface area contributed by atoms with Gasteiger partial charge in [0.25, 0.3) is 0 Å². The number of hydrogen-bond donors (Lipinski definition) is 1. The van der Waals surface area contributed by atoms with Crippen molar-refractivity contribution in [2.75, 3.05) is 13.6 Å². The van der Waals surface area contributed by atoms with Crippen LogP contribution < -0.4 is 5.32 Å². The molecule has 0 aliphatic heterocycles. The van der Waals surface area contributed by atoms with Gasteiger partial charge in [0, 0.05) is 25.8 Å². The van der Waals surface area contributed by atoms with Crippen LogP contribution in [-0.4, -0.2) is 23.5 Å². The van der Waals surface area contributed by atoms with Crippen molar-refractivity contribution in [2.24, 2.45) is 0 Å². The van der Waals surface area contributed by atoms with E-state index in [2.05, 4.69) is 59.5 Å². The highest BCUT2D eigenvalue weighted by molar-refractivity contribution is 5.27. The first-order valence-electron chi connectivity index (χ1n) is 7.65. The summed E-state index contributed by atoms with van der Waals surface area (Å²) in [6.45, 7) is 6.03. The average Bonchev–Trinajstić information content (AvgIpc) is 2.50. The number of nitrogens with one attached hydrogen (secondary N) is 1. The average molecular weight is 283 g/mol. The summed E-state index contributed by atoms with van der Waals surface area (Å²) < 4.78 is 0. The smallest absolute Gasteiger partial charge is 0.0543 e. The van der Waals surface area contributed by atoms with Gasteiger partial charge in [-0.05, 0) is 43.3 Å². The maximum absolute atomic E-state index is 4.39. The lowest BCUT2D eigenvalue weighted by Crippen LogP contribution is -2.20. The van der Waals surface area contributed by atoms with Gasteiger partial charge in [-0.2, -0.15) is 0 Å². The molecule has 3 heteroatoms. The summed E-state index contributed by atoms with van der Waals surface area (Å²) in [6, 6.07) is 14.7. The molecule has 0 unspecified atom stereocenters. The molecule has 0 atom stereocenters. The molecule has 0 aliphatic rings. The first-order chi connectivity index (χ1) is 10.3. The van der Waals surface area contributed by atoms with Gasteiger partial charge < -0.3 is 5.32 Å². The Morgan fingerprint density at radius 3 is 2.48 bits per heavy atom. The fourth-order valence-electron chi connectivity index (χ4n) is 2.40. The van der Waals surface area contributed by atoms with Crippen LogP contribution >= 0.6 is 0 Å². The zero-order valence-electron chi connectivity index (χ0n) is 13.0. The van der Waals surface area contributed by atoms with Gasteiger partial charge in [0.1, 0.15) is 0 Å². The molecule has 1 heterocycles. The van der Waals surface area contributed by atoms with Crippen molar-refractivity contribution in [3.63, 3.8) is 0 Å². The second-order valence-corrected chi connectivity index (χ2v) is 5.44. The van der Waals surface area contributed by atoms with Crippen molar-refractivity contribution in [3.05, 3.63) is 65.5 Å². The number of pyridine rings is 1. The first-order valence-corrected chi connectivity index (χ1v) is 7.65. The number of aromatic nitrogens is 1. The Balaban J connectivity index is 1.95. The van der Waals surface area contributed by atoms with E-state index in [1.165, 1.54) is 17.5 Å². The van der Waals surface area contributed by atoms with E-state index in [0.29, 0.717) is 0 Å². The predicted octanol–water partition coefficient (Wildman–Crippen LogP) is 3.21. The molecule has 0 aliphatic carbocycles. The van der Waals surface area contributed by atoms with Gasteiger partial charge in [0.2, 0.25) is 0 Å². The zero-order valence-corrected chi connectivity index (χ0v) is 13.0. The van der Waals surface area contributed by atoms with Gasteiger partial charge in [0.05, 0.1) is 5.69 Å². The van der Waals surface area contributed by atoms with Crippen molar-refractivity contribution in [1.82, 2.24) is 15.2 Å². The maximum Gasteiger partial charge on any atom is 0.0543 e. The van der Waals surface area contributed by atoms with Crippen LogP contribution in [0.25, 0.3) is 0 Å². The van der Waals surface area contributed by atoms with E-state index >= 15 is 0 Å². The summed E-state index contributed by atoms with van der Waals surface area (Å²) in [5.41, 5.74) is 3.89. The third-order valence-electron chi connectivity index (χ3n) is 3.46. The van der Waals surface area contributed by atoms with Crippen LogP contribution in [0.2, 0.25) is 0 Å². The molecule has 2 aromatic rings. The minimum absolute atomic E-state index is 0.873. The van der Waals surface area contributed by atoms with Crippen LogP contribution in [-0.2, 0) is 19.6 Å². The molecule has 2 rings (SSSR count). The van der Waals surface area contributed by atoms with Crippen molar-refractivity contribution in [3.8, 4) is 0 Å². The van der Waals surface area contributed by atoms with E-state index < -0.39 is 0 Å². The second kappa shape index (κ2) is 8.55. The van der Waals surface area contributed by atoms with E-state index in [1.54, 1.807) is 0 Å². The Hall–Kier alpha value is -1.71. The van der Waals surface area contributed by atoms with Crippen molar-refractivity contribution >= 4 is 0 Å². The molecule has 1 N–H and O–H groups in total. The summed E-state index contributed by atoms with van der Waals surface area (Å²) >= 11 is 0. The summed E-state index contributed by atoms with van der Waals surface area (Å²) in [4.78, 5) is 6.70. The maximum atomic E-state index is 4.39. The Labute approximate surface area is 128 Å². The van der Waals surface area contributed by atoms with Gasteiger partial charge in [0.15, 0.2) is 0 Å². The monoisotopic (exact) mass is 283 g/mol. The highest BCUT2D eigenvalue weighted by Crippen LogP contribution is 2.12. The first kappa shape index (κ1) is 15.7. The zero-order chi connectivity index (χ0) is 14.9. The standard InChI is InChI=1S/C18H25N3/c1-3-11-19-13-16-8-4-5-9-17(16)14-21(2)15-18-10-6-7-12-20-18/h4-10,12,19H,3,11,13-15H2,1-2H3. The second-order valence-electron chi connectivity index (χ2n) is 5.44. The molecule has 0 saturated carbocycles. The lowest BCUT2D eigenvalue weighted by Gasteiger charge is -2.18. The fraction of sp³-hybridized carbons (Fsp3) is 0.389. The summed E-state index contributed by atoms with van der Waals surface area (Å²) in [5.74, 6) is 0. The molecule has 0 amide bonds. The molecule has 1 aromatic carbocycles. The van der Waals surface area contributed by atoms with Gasteiger partial charge >= 0.3 is 0 Å². The lowest BCUT2D eigenvalue weighted by molar-refractivity contribution is 0.314. The molecule has 0 fully saturated rings. The predicted molar refractivity (Wildman–Crippen MR) is 87.8 cm³/mol. The van der Waals surface area contributed by atoms with E-state index in [-0.39, 0.29) is 0 Å². The van der Waals surface area contributed by atoms with Crippen molar-refractivity contribution in [2.45, 2.75) is 33.0 Å². The Bertz CT molecular complexity index is 525. The third kappa shape index (κ3) is 5.29. The summed E-state index contributed by atoms with van der Waals surface area (Å²) in [5, 5.41) is 3.48. The van der Waals surface area contributed by atoms with Crippen LogP contribution in [0.4, 0.5) is 0 Å². The van der Waals surface area contributed by atoms with E-state index in [4.69, 9.17) is 0 Å². The fourth-order valence-corrected chi connectivity index (χ4v) is 2.40. The molecule has 21 heavy (non-hydrogen) atoms. The lowest BCUT2D eigenvalue weighted by atomic mass is 10.1. The molecule has 112 valence electrons. The third-order valence-corrected chi connectivity index (χ3v) is 3.46. The minimum Gasteiger partial charge on any atom is -0.313 e. The highest BCUT2D eigenvalue weighted by atomic mass is 15.1. The normalized spacial score (nSPS) is 11.0. The number of nitrogens with zero attached hydrogens (tertiary/aromatic N) is 2. The molecule has 0 saturated heterocycles. The van der Waals surface area contributed by atoms with Crippen LogP contribution in [0.5, 0.6) is 0 Å².